The van der Waals surface area contributed by atoms with Crippen molar-refractivity contribution in [3.05, 3.63) is 28.8 Å². The maximum absolute atomic E-state index is 9.93. The zero-order valence-electron chi connectivity index (χ0n) is 14.5. The molecule has 0 bridgehead atoms. The Morgan fingerprint density at radius 3 is 1.88 bits per heavy atom. The van der Waals surface area contributed by atoms with Gasteiger partial charge in [0.1, 0.15) is 5.75 Å². The van der Waals surface area contributed by atoms with E-state index in [1.807, 2.05) is 20.8 Å². The quantitative estimate of drug-likeness (QED) is 0.360. The number of halogens is 1. The standard InChI is InChI=1S/C12H18ClNO2.C4H6O6/c1-12(2,3)14-7-11(16)9-5-4-8(15)6-10(9)13;5-1(3(7)8)2(6)4(9)10/h4-6,11,14-16H,7H2,1-3H3;1-2,5-6H,(H,7,8)(H,9,10)/t11-;1-,2-/m01/s1. The van der Waals surface area contributed by atoms with Crippen molar-refractivity contribution in [1.82, 2.24) is 5.32 Å². The summed E-state index contributed by atoms with van der Waals surface area (Å²) >= 11 is 5.93. The Balaban J connectivity index is 0.000000541. The summed E-state index contributed by atoms with van der Waals surface area (Å²) < 4.78 is 0. The molecule has 1 aromatic rings. The summed E-state index contributed by atoms with van der Waals surface area (Å²) in [4.78, 5) is 19.5. The molecule has 0 saturated carbocycles. The Hall–Kier alpha value is -1.91. The zero-order chi connectivity index (χ0) is 20.7. The molecule has 1 aromatic carbocycles. The Labute approximate surface area is 155 Å². The predicted molar refractivity (Wildman–Crippen MR) is 93.1 cm³/mol. The van der Waals surface area contributed by atoms with Crippen molar-refractivity contribution in [3.63, 3.8) is 0 Å². The van der Waals surface area contributed by atoms with Crippen molar-refractivity contribution < 1.29 is 40.2 Å². The monoisotopic (exact) mass is 393 g/mol. The summed E-state index contributed by atoms with van der Waals surface area (Å²) in [6, 6.07) is 4.57. The summed E-state index contributed by atoms with van der Waals surface area (Å²) in [6.07, 6.45) is -5.21. The number of rotatable bonds is 6. The first-order valence-corrected chi connectivity index (χ1v) is 7.87. The van der Waals surface area contributed by atoms with Crippen LogP contribution >= 0.6 is 11.6 Å². The summed E-state index contributed by atoms with van der Waals surface area (Å²) in [7, 11) is 0. The number of hydrogen-bond acceptors (Lipinski definition) is 7. The lowest BCUT2D eigenvalue weighted by Gasteiger charge is -2.23. The molecule has 0 aliphatic carbocycles. The van der Waals surface area contributed by atoms with Crippen molar-refractivity contribution >= 4 is 23.5 Å². The number of aromatic hydroxyl groups is 1. The van der Waals surface area contributed by atoms with Crippen LogP contribution in [0.25, 0.3) is 0 Å². The largest absolute Gasteiger partial charge is 0.508 e. The van der Waals surface area contributed by atoms with E-state index in [1.54, 1.807) is 6.07 Å². The van der Waals surface area contributed by atoms with Crippen molar-refractivity contribution in [2.45, 2.75) is 44.6 Å². The van der Waals surface area contributed by atoms with E-state index in [9.17, 15) is 19.8 Å². The van der Waals surface area contributed by atoms with Gasteiger partial charge < -0.3 is 36.0 Å². The Morgan fingerprint density at radius 1 is 1.08 bits per heavy atom. The molecule has 0 fully saturated rings. The van der Waals surface area contributed by atoms with E-state index in [0.29, 0.717) is 17.1 Å². The van der Waals surface area contributed by atoms with Crippen molar-refractivity contribution in [1.29, 1.82) is 0 Å². The Kier molecular flexibility index (Phi) is 9.53. The van der Waals surface area contributed by atoms with Gasteiger partial charge in [-0.2, -0.15) is 0 Å². The lowest BCUT2D eigenvalue weighted by atomic mass is 10.1. The molecule has 26 heavy (non-hydrogen) atoms. The van der Waals surface area contributed by atoms with Crippen LogP contribution in [-0.2, 0) is 9.59 Å². The number of phenolic OH excluding ortho intramolecular Hbond substituents is 1. The molecule has 1 rings (SSSR count). The number of aliphatic hydroxyl groups excluding tert-OH is 3. The molecule has 0 unspecified atom stereocenters. The van der Waals surface area contributed by atoms with Gasteiger partial charge in [-0.1, -0.05) is 17.7 Å². The lowest BCUT2D eigenvalue weighted by molar-refractivity contribution is -0.165. The fourth-order valence-corrected chi connectivity index (χ4v) is 1.87. The number of phenols is 1. The number of aliphatic carboxylic acids is 2. The zero-order valence-corrected chi connectivity index (χ0v) is 15.3. The van der Waals surface area contributed by atoms with E-state index < -0.39 is 30.3 Å². The third-order valence-electron chi connectivity index (χ3n) is 2.97. The molecule has 0 amide bonds. The molecule has 10 heteroatoms. The van der Waals surface area contributed by atoms with Gasteiger partial charge in [-0.25, -0.2) is 9.59 Å². The van der Waals surface area contributed by atoms with Crippen LogP contribution < -0.4 is 5.32 Å². The highest BCUT2D eigenvalue weighted by atomic mass is 35.5. The topological polar surface area (TPSA) is 168 Å². The van der Waals surface area contributed by atoms with Gasteiger partial charge in [0.2, 0.25) is 0 Å². The van der Waals surface area contributed by atoms with Gasteiger partial charge in [0.15, 0.2) is 12.2 Å². The molecule has 0 aromatic heterocycles. The van der Waals surface area contributed by atoms with E-state index in [-0.39, 0.29) is 11.3 Å². The van der Waals surface area contributed by atoms with Gasteiger partial charge in [0, 0.05) is 17.6 Å². The van der Waals surface area contributed by atoms with Crippen LogP contribution in [0.1, 0.15) is 32.4 Å². The molecule has 0 radical (unpaired) electrons. The first kappa shape index (κ1) is 24.1. The molecule has 0 spiro atoms. The molecule has 0 heterocycles. The number of nitrogens with one attached hydrogen (secondary N) is 1. The summed E-state index contributed by atoms with van der Waals surface area (Å²) in [6.45, 7) is 6.50. The molecule has 3 atom stereocenters. The smallest absolute Gasteiger partial charge is 0.335 e. The summed E-state index contributed by atoms with van der Waals surface area (Å²) in [5.41, 5.74) is 0.570. The normalized spacial score (nSPS) is 14.6. The minimum absolute atomic E-state index is 0.0512. The van der Waals surface area contributed by atoms with E-state index in [2.05, 4.69) is 5.32 Å². The number of aliphatic hydroxyl groups is 3. The molecule has 148 valence electrons. The van der Waals surface area contributed by atoms with Crippen LogP contribution in [-0.4, -0.2) is 66.9 Å². The number of carbonyl (C=O) groups is 2. The Morgan fingerprint density at radius 2 is 1.54 bits per heavy atom. The molecular formula is C16H24ClNO8. The summed E-state index contributed by atoms with van der Waals surface area (Å²) in [5.74, 6) is -3.44. The maximum Gasteiger partial charge on any atom is 0.335 e. The minimum atomic E-state index is -2.27. The van der Waals surface area contributed by atoms with Crippen molar-refractivity contribution in [3.8, 4) is 5.75 Å². The van der Waals surface area contributed by atoms with E-state index in [1.165, 1.54) is 12.1 Å². The van der Waals surface area contributed by atoms with Gasteiger partial charge in [0.05, 0.1) is 11.1 Å². The van der Waals surface area contributed by atoms with Gasteiger partial charge >= 0.3 is 11.9 Å². The van der Waals surface area contributed by atoms with Gasteiger partial charge in [-0.15, -0.1) is 0 Å². The van der Waals surface area contributed by atoms with Crippen LogP contribution in [0, 0.1) is 0 Å². The number of carboxylic acid groups (broad SMARTS) is 2. The van der Waals surface area contributed by atoms with Crippen LogP contribution in [0.15, 0.2) is 18.2 Å². The first-order valence-electron chi connectivity index (χ1n) is 7.49. The predicted octanol–water partition coefficient (Wildman–Crippen LogP) is 0.344. The van der Waals surface area contributed by atoms with Gasteiger partial charge in [0.25, 0.3) is 0 Å². The van der Waals surface area contributed by atoms with E-state index in [4.69, 9.17) is 32.0 Å². The SMILES string of the molecule is CC(C)(C)NC[C@H](O)c1ccc(O)cc1Cl.O=C(O)[C@H](O)[C@@H](O)C(=O)O. The van der Waals surface area contributed by atoms with E-state index in [0.717, 1.165) is 0 Å². The molecule has 0 aliphatic rings. The third kappa shape index (κ3) is 8.97. The van der Waals surface area contributed by atoms with E-state index >= 15 is 0 Å². The summed E-state index contributed by atoms with van der Waals surface area (Å²) in [5, 5.41) is 55.2. The lowest BCUT2D eigenvalue weighted by Crippen LogP contribution is -2.39. The van der Waals surface area contributed by atoms with Crippen LogP contribution in [0.3, 0.4) is 0 Å². The molecule has 9 nitrogen and oxygen atoms in total. The van der Waals surface area contributed by atoms with Gasteiger partial charge in [-0.3, -0.25) is 0 Å². The number of benzene rings is 1. The fraction of sp³-hybridized carbons (Fsp3) is 0.500. The molecule has 7 N–H and O–H groups in total. The third-order valence-corrected chi connectivity index (χ3v) is 3.30. The average Bonchev–Trinajstić information content (AvgIpc) is 2.50. The fourth-order valence-electron chi connectivity index (χ4n) is 1.57. The molecule has 0 saturated heterocycles. The second kappa shape index (κ2) is 10.3. The van der Waals surface area contributed by atoms with Crippen molar-refractivity contribution in [2.75, 3.05) is 6.54 Å². The second-order valence-corrected chi connectivity index (χ2v) is 6.83. The highest BCUT2D eigenvalue weighted by molar-refractivity contribution is 6.31. The number of β-amino-alcohol motifs (C(OH)–C–C–N with tert-alkyl or cyclic N) is 1. The van der Waals surface area contributed by atoms with Gasteiger partial charge in [-0.05, 0) is 32.9 Å². The van der Waals surface area contributed by atoms with Crippen LogP contribution in [0.2, 0.25) is 5.02 Å². The maximum atomic E-state index is 9.93. The number of hydrogen-bond donors (Lipinski definition) is 7. The second-order valence-electron chi connectivity index (χ2n) is 6.42. The molecular weight excluding hydrogens is 370 g/mol. The average molecular weight is 394 g/mol. The number of carboxylic acids is 2. The molecule has 0 aliphatic heterocycles. The Bertz CT molecular complexity index is 599. The highest BCUT2D eigenvalue weighted by Gasteiger charge is 2.29. The first-order chi connectivity index (χ1) is 11.8. The van der Waals surface area contributed by atoms with Crippen molar-refractivity contribution in [2.24, 2.45) is 0 Å². The van der Waals surface area contributed by atoms with Crippen LogP contribution in [0.5, 0.6) is 5.75 Å². The van der Waals surface area contributed by atoms with Crippen LogP contribution in [0.4, 0.5) is 0 Å². The minimum Gasteiger partial charge on any atom is -0.508 e. The highest BCUT2D eigenvalue weighted by Crippen LogP contribution is 2.26.